The summed E-state index contributed by atoms with van der Waals surface area (Å²) in [5.74, 6) is -0.265. The monoisotopic (exact) mass is 283 g/mol. The number of amides is 1. The predicted molar refractivity (Wildman–Crippen MR) is 78.5 cm³/mol. The Morgan fingerprint density at radius 1 is 1.10 bits per heavy atom. The SMILES string of the molecule is CC1(O)c2ccccc2C(=O)N1[C@@H](CO)c1ccccc1. The van der Waals surface area contributed by atoms with E-state index >= 15 is 0 Å². The average molecular weight is 283 g/mol. The van der Waals surface area contributed by atoms with Gasteiger partial charge in [-0.1, -0.05) is 48.5 Å². The van der Waals surface area contributed by atoms with Gasteiger partial charge in [-0.3, -0.25) is 9.69 Å². The summed E-state index contributed by atoms with van der Waals surface area (Å²) in [5.41, 5.74) is 0.416. The summed E-state index contributed by atoms with van der Waals surface area (Å²) in [6.45, 7) is 1.34. The van der Waals surface area contributed by atoms with E-state index in [9.17, 15) is 15.0 Å². The van der Waals surface area contributed by atoms with Gasteiger partial charge in [0.1, 0.15) is 0 Å². The summed E-state index contributed by atoms with van der Waals surface area (Å²) in [6, 6.07) is 15.7. The van der Waals surface area contributed by atoms with E-state index in [1.807, 2.05) is 30.3 Å². The van der Waals surface area contributed by atoms with Gasteiger partial charge >= 0.3 is 0 Å². The molecule has 0 aliphatic carbocycles. The summed E-state index contributed by atoms with van der Waals surface area (Å²) in [5, 5.41) is 20.6. The van der Waals surface area contributed by atoms with E-state index in [1.54, 1.807) is 31.2 Å². The van der Waals surface area contributed by atoms with Crippen molar-refractivity contribution in [2.45, 2.75) is 18.7 Å². The molecule has 1 aliphatic heterocycles. The normalized spacial score (nSPS) is 22.2. The lowest BCUT2D eigenvalue weighted by Gasteiger charge is -2.37. The molecule has 0 fully saturated rings. The van der Waals surface area contributed by atoms with Gasteiger partial charge in [0.25, 0.3) is 5.91 Å². The minimum absolute atomic E-state index is 0.250. The van der Waals surface area contributed by atoms with E-state index < -0.39 is 11.8 Å². The second kappa shape index (κ2) is 4.98. The molecule has 0 aromatic heterocycles. The van der Waals surface area contributed by atoms with Crippen molar-refractivity contribution in [2.75, 3.05) is 6.61 Å². The third-order valence-corrected chi connectivity index (χ3v) is 4.02. The molecular formula is C17H17NO3. The van der Waals surface area contributed by atoms with Crippen molar-refractivity contribution in [2.24, 2.45) is 0 Å². The predicted octanol–water partition coefficient (Wildman–Crippen LogP) is 2.04. The topological polar surface area (TPSA) is 60.8 Å². The summed E-state index contributed by atoms with van der Waals surface area (Å²) in [6.07, 6.45) is 0. The smallest absolute Gasteiger partial charge is 0.257 e. The molecule has 1 unspecified atom stereocenters. The molecular weight excluding hydrogens is 266 g/mol. The van der Waals surface area contributed by atoms with E-state index in [-0.39, 0.29) is 12.5 Å². The molecule has 0 bridgehead atoms. The van der Waals surface area contributed by atoms with Gasteiger partial charge < -0.3 is 10.2 Å². The number of nitrogens with zero attached hydrogens (tertiary/aromatic N) is 1. The molecule has 1 aliphatic rings. The molecule has 2 aromatic carbocycles. The van der Waals surface area contributed by atoms with Gasteiger partial charge in [0.15, 0.2) is 5.72 Å². The van der Waals surface area contributed by atoms with E-state index in [4.69, 9.17) is 0 Å². The number of fused-ring (bicyclic) bond motifs is 1. The van der Waals surface area contributed by atoms with Gasteiger partial charge in [-0.25, -0.2) is 0 Å². The van der Waals surface area contributed by atoms with Crippen LogP contribution in [0.5, 0.6) is 0 Å². The van der Waals surface area contributed by atoms with Crippen LogP contribution < -0.4 is 0 Å². The Balaban J connectivity index is 2.09. The van der Waals surface area contributed by atoms with Crippen molar-refractivity contribution in [3.8, 4) is 0 Å². The lowest BCUT2D eigenvalue weighted by molar-refractivity contribution is -0.0964. The van der Waals surface area contributed by atoms with E-state index in [0.29, 0.717) is 11.1 Å². The quantitative estimate of drug-likeness (QED) is 0.906. The fourth-order valence-electron chi connectivity index (χ4n) is 3.00. The van der Waals surface area contributed by atoms with E-state index in [0.717, 1.165) is 5.56 Å². The first-order chi connectivity index (χ1) is 10.1. The van der Waals surface area contributed by atoms with Crippen LogP contribution in [0.15, 0.2) is 54.6 Å². The van der Waals surface area contributed by atoms with Crippen LogP contribution in [0.25, 0.3) is 0 Å². The van der Waals surface area contributed by atoms with E-state index in [1.165, 1.54) is 4.90 Å². The highest BCUT2D eigenvalue weighted by Gasteiger charge is 2.48. The summed E-state index contributed by atoms with van der Waals surface area (Å²) in [7, 11) is 0. The zero-order chi connectivity index (χ0) is 15.0. The van der Waals surface area contributed by atoms with Crippen LogP contribution in [0.1, 0.15) is 34.5 Å². The van der Waals surface area contributed by atoms with Gasteiger partial charge in [-0.2, -0.15) is 0 Å². The molecule has 2 aromatic rings. The first-order valence-corrected chi connectivity index (χ1v) is 6.88. The number of aliphatic hydroxyl groups is 2. The Bertz CT molecular complexity index is 667. The standard InChI is InChI=1S/C17H17NO3/c1-17(21)14-10-6-5-9-13(14)16(20)18(17)15(11-19)12-7-3-2-4-8-12/h2-10,15,19,21H,11H2,1H3/t15-,17?/m0/s1. The zero-order valence-corrected chi connectivity index (χ0v) is 11.7. The Morgan fingerprint density at radius 2 is 1.71 bits per heavy atom. The van der Waals surface area contributed by atoms with Crippen LogP contribution in [0.4, 0.5) is 0 Å². The van der Waals surface area contributed by atoms with Crippen molar-refractivity contribution < 1.29 is 15.0 Å². The average Bonchev–Trinajstić information content (AvgIpc) is 2.71. The van der Waals surface area contributed by atoms with Gasteiger partial charge in [-0.05, 0) is 18.6 Å². The number of hydrogen-bond donors (Lipinski definition) is 2. The molecule has 0 spiro atoms. The number of benzene rings is 2. The molecule has 1 amide bonds. The third kappa shape index (κ3) is 2.04. The van der Waals surface area contributed by atoms with Crippen LogP contribution in [-0.2, 0) is 5.72 Å². The van der Waals surface area contributed by atoms with Crippen LogP contribution in [-0.4, -0.2) is 27.6 Å². The van der Waals surface area contributed by atoms with Gasteiger partial charge in [0.05, 0.1) is 12.6 Å². The Kier molecular flexibility index (Phi) is 3.27. The highest BCUT2D eigenvalue weighted by Crippen LogP contribution is 2.42. The van der Waals surface area contributed by atoms with Crippen LogP contribution >= 0.6 is 0 Å². The van der Waals surface area contributed by atoms with Crippen molar-refractivity contribution in [3.05, 3.63) is 71.3 Å². The van der Waals surface area contributed by atoms with Crippen molar-refractivity contribution in [1.29, 1.82) is 0 Å². The van der Waals surface area contributed by atoms with Gasteiger partial charge in [0, 0.05) is 11.1 Å². The molecule has 2 N–H and O–H groups in total. The number of rotatable bonds is 3. The fraction of sp³-hybridized carbons (Fsp3) is 0.235. The van der Waals surface area contributed by atoms with Crippen LogP contribution in [0.3, 0.4) is 0 Å². The van der Waals surface area contributed by atoms with Crippen molar-refractivity contribution >= 4 is 5.91 Å². The maximum atomic E-state index is 12.6. The van der Waals surface area contributed by atoms with Gasteiger partial charge in [0.2, 0.25) is 0 Å². The number of carbonyl (C=O) groups is 1. The molecule has 3 rings (SSSR count). The molecule has 0 saturated carbocycles. The highest BCUT2D eigenvalue weighted by molar-refractivity contribution is 5.99. The minimum Gasteiger partial charge on any atom is -0.394 e. The highest BCUT2D eigenvalue weighted by atomic mass is 16.3. The number of hydrogen-bond acceptors (Lipinski definition) is 3. The van der Waals surface area contributed by atoms with Crippen LogP contribution in [0, 0.1) is 0 Å². The first-order valence-electron chi connectivity index (χ1n) is 6.88. The fourth-order valence-corrected chi connectivity index (χ4v) is 3.00. The van der Waals surface area contributed by atoms with E-state index in [2.05, 4.69) is 0 Å². The van der Waals surface area contributed by atoms with Gasteiger partial charge in [-0.15, -0.1) is 0 Å². The summed E-state index contributed by atoms with van der Waals surface area (Å²) < 4.78 is 0. The maximum Gasteiger partial charge on any atom is 0.257 e. The maximum absolute atomic E-state index is 12.6. The van der Waals surface area contributed by atoms with Crippen molar-refractivity contribution in [3.63, 3.8) is 0 Å². The number of carbonyl (C=O) groups excluding carboxylic acids is 1. The Morgan fingerprint density at radius 3 is 2.33 bits per heavy atom. The molecule has 1 heterocycles. The molecule has 2 atom stereocenters. The lowest BCUT2D eigenvalue weighted by Crippen LogP contribution is -2.45. The first kappa shape index (κ1) is 13.8. The summed E-state index contributed by atoms with van der Waals surface area (Å²) >= 11 is 0. The molecule has 0 radical (unpaired) electrons. The molecule has 21 heavy (non-hydrogen) atoms. The van der Waals surface area contributed by atoms with Crippen molar-refractivity contribution in [1.82, 2.24) is 4.90 Å². The molecule has 108 valence electrons. The molecule has 0 saturated heterocycles. The molecule has 4 heteroatoms. The number of aliphatic hydroxyl groups excluding tert-OH is 1. The summed E-state index contributed by atoms with van der Waals surface area (Å²) in [4.78, 5) is 14.0. The molecule has 4 nitrogen and oxygen atoms in total. The minimum atomic E-state index is -1.43. The second-order valence-corrected chi connectivity index (χ2v) is 5.35. The zero-order valence-electron chi connectivity index (χ0n) is 11.7. The Labute approximate surface area is 123 Å². The lowest BCUT2D eigenvalue weighted by atomic mass is 10.0. The third-order valence-electron chi connectivity index (χ3n) is 4.02. The second-order valence-electron chi connectivity index (χ2n) is 5.35. The van der Waals surface area contributed by atoms with Crippen LogP contribution in [0.2, 0.25) is 0 Å². The largest absolute Gasteiger partial charge is 0.394 e. The Hall–Kier alpha value is -2.17.